The summed E-state index contributed by atoms with van der Waals surface area (Å²) in [5.41, 5.74) is 4.58. The Hall–Kier alpha value is -2.94. The molecule has 0 saturated heterocycles. The zero-order valence-electron chi connectivity index (χ0n) is 25.6. The SMILES string of the molecule is C/C=C(/C=C(\C=C(/C)c1ccccc1)c1ccc2c(c1)OCO2)OCCCCCC1CCC1C.CC.CCC. The van der Waals surface area contributed by atoms with Gasteiger partial charge >= 0.3 is 0 Å². The second kappa shape index (κ2) is 18.4. The third kappa shape index (κ3) is 10.6. The summed E-state index contributed by atoms with van der Waals surface area (Å²) in [6.07, 6.45) is 15.6. The van der Waals surface area contributed by atoms with Crippen LogP contribution in [0.2, 0.25) is 0 Å². The molecule has 2 unspecified atom stereocenters. The first-order valence-corrected chi connectivity index (χ1v) is 15.2. The molecule has 2 aromatic rings. The smallest absolute Gasteiger partial charge is 0.231 e. The molecule has 0 N–H and O–H groups in total. The minimum Gasteiger partial charge on any atom is -0.494 e. The Bertz CT molecular complexity index is 1050. The number of ether oxygens (including phenoxy) is 3. The minimum atomic E-state index is 0.277. The van der Waals surface area contributed by atoms with Gasteiger partial charge in [-0.05, 0) is 85.1 Å². The molecule has 214 valence electrons. The molecule has 0 spiro atoms. The van der Waals surface area contributed by atoms with E-state index in [1.807, 2.05) is 32.9 Å². The molecule has 0 bridgehead atoms. The lowest BCUT2D eigenvalue weighted by Gasteiger charge is -2.33. The van der Waals surface area contributed by atoms with Crippen molar-refractivity contribution in [1.82, 2.24) is 0 Å². The maximum absolute atomic E-state index is 6.19. The summed E-state index contributed by atoms with van der Waals surface area (Å²) < 4.78 is 17.3. The molecule has 4 rings (SSSR count). The lowest BCUT2D eigenvalue weighted by atomic mass is 9.72. The third-order valence-electron chi connectivity index (χ3n) is 7.17. The van der Waals surface area contributed by atoms with Gasteiger partial charge in [-0.3, -0.25) is 0 Å². The van der Waals surface area contributed by atoms with Crippen molar-refractivity contribution in [2.75, 3.05) is 13.4 Å². The molecule has 1 heterocycles. The molecule has 1 fully saturated rings. The largest absolute Gasteiger partial charge is 0.494 e. The lowest BCUT2D eigenvalue weighted by molar-refractivity contribution is 0.174. The summed E-state index contributed by atoms with van der Waals surface area (Å²) in [5.74, 6) is 4.40. The Morgan fingerprint density at radius 3 is 2.26 bits per heavy atom. The zero-order chi connectivity index (χ0) is 28.5. The van der Waals surface area contributed by atoms with Gasteiger partial charge in [0.15, 0.2) is 11.5 Å². The summed E-state index contributed by atoms with van der Waals surface area (Å²) in [6.45, 7) is 15.9. The van der Waals surface area contributed by atoms with Crippen LogP contribution in [0.25, 0.3) is 11.1 Å². The van der Waals surface area contributed by atoms with Gasteiger partial charge in [-0.2, -0.15) is 0 Å². The molecule has 1 aliphatic carbocycles. The van der Waals surface area contributed by atoms with Gasteiger partial charge < -0.3 is 14.2 Å². The first-order chi connectivity index (χ1) is 19.0. The van der Waals surface area contributed by atoms with Crippen molar-refractivity contribution >= 4 is 11.1 Å². The highest BCUT2D eigenvalue weighted by Crippen LogP contribution is 2.37. The minimum absolute atomic E-state index is 0.277. The molecule has 0 amide bonds. The van der Waals surface area contributed by atoms with E-state index in [9.17, 15) is 0 Å². The first-order valence-electron chi connectivity index (χ1n) is 15.2. The van der Waals surface area contributed by atoms with Crippen molar-refractivity contribution in [2.45, 2.75) is 93.4 Å². The fourth-order valence-electron chi connectivity index (χ4n) is 4.70. The summed E-state index contributed by atoms with van der Waals surface area (Å²) in [4.78, 5) is 0. The van der Waals surface area contributed by atoms with Crippen LogP contribution in [0.4, 0.5) is 0 Å². The van der Waals surface area contributed by atoms with Crippen LogP contribution < -0.4 is 9.47 Å². The number of unbranched alkanes of at least 4 members (excludes halogenated alkanes) is 2. The number of rotatable bonds is 11. The molecule has 3 heteroatoms. The third-order valence-corrected chi connectivity index (χ3v) is 7.17. The van der Waals surface area contributed by atoms with Crippen LogP contribution in [0.1, 0.15) is 105 Å². The number of fused-ring (bicyclic) bond motifs is 1. The van der Waals surface area contributed by atoms with E-state index in [1.54, 1.807) is 0 Å². The van der Waals surface area contributed by atoms with E-state index in [1.165, 1.54) is 49.7 Å². The predicted octanol–water partition coefficient (Wildman–Crippen LogP) is 10.9. The molecule has 0 aromatic heterocycles. The van der Waals surface area contributed by atoms with Gasteiger partial charge in [0.1, 0.15) is 5.76 Å². The average Bonchev–Trinajstić information content (AvgIpc) is 3.44. The van der Waals surface area contributed by atoms with Crippen LogP contribution in [0.15, 0.2) is 72.5 Å². The van der Waals surface area contributed by atoms with Crippen LogP contribution in [0.3, 0.4) is 0 Å². The van der Waals surface area contributed by atoms with Crippen molar-refractivity contribution < 1.29 is 14.2 Å². The van der Waals surface area contributed by atoms with Crippen LogP contribution in [0.5, 0.6) is 11.5 Å². The summed E-state index contributed by atoms with van der Waals surface area (Å²) in [5, 5.41) is 0. The monoisotopic (exact) mass is 532 g/mol. The van der Waals surface area contributed by atoms with Gasteiger partial charge in [-0.25, -0.2) is 0 Å². The molecule has 3 nitrogen and oxygen atoms in total. The lowest BCUT2D eigenvalue weighted by Crippen LogP contribution is -2.22. The van der Waals surface area contributed by atoms with E-state index in [4.69, 9.17) is 14.2 Å². The zero-order valence-corrected chi connectivity index (χ0v) is 25.6. The summed E-state index contributed by atoms with van der Waals surface area (Å²) in [6, 6.07) is 16.6. The molecule has 2 aromatic carbocycles. The predicted molar refractivity (Wildman–Crippen MR) is 168 cm³/mol. The Morgan fingerprint density at radius 2 is 1.62 bits per heavy atom. The maximum Gasteiger partial charge on any atom is 0.231 e. The Balaban J connectivity index is 0.000000998. The number of allylic oxidation sites excluding steroid dienone is 5. The fourth-order valence-corrected chi connectivity index (χ4v) is 4.70. The molecule has 1 aliphatic heterocycles. The second-order valence-electron chi connectivity index (χ2n) is 10.3. The van der Waals surface area contributed by atoms with Gasteiger partial charge in [0.05, 0.1) is 6.61 Å². The number of hydrogen-bond acceptors (Lipinski definition) is 3. The molecule has 2 aliphatic rings. The first kappa shape index (κ1) is 32.3. The van der Waals surface area contributed by atoms with Crippen molar-refractivity contribution in [3.8, 4) is 11.5 Å². The Labute approximate surface area is 239 Å². The van der Waals surface area contributed by atoms with Gasteiger partial charge in [-0.1, -0.05) is 109 Å². The number of hydrogen-bond donors (Lipinski definition) is 0. The molecule has 0 radical (unpaired) electrons. The highest BCUT2D eigenvalue weighted by molar-refractivity contribution is 5.85. The van der Waals surface area contributed by atoms with Crippen LogP contribution in [-0.4, -0.2) is 13.4 Å². The normalized spacial score (nSPS) is 18.3. The standard InChI is InChI=1S/C31H38O3.C3H8.C2H6/c1-4-29(32-18-10-6-9-13-26-15-14-23(26)2)20-28(19-24(3)25-11-7-5-8-12-25)27-16-17-30-31(21-27)34-22-33-30;1-3-2;1-2/h4-5,7-8,11-12,16-17,19-21,23,26H,6,9-10,13-15,18,22H2,1-3H3;3H2,1-2H3;1-2H3/b24-19+,28-20+,29-4-;;. The van der Waals surface area contributed by atoms with Gasteiger partial charge in [0, 0.05) is 0 Å². The van der Waals surface area contributed by atoms with Crippen molar-refractivity contribution in [3.63, 3.8) is 0 Å². The number of benzene rings is 2. The van der Waals surface area contributed by atoms with Crippen LogP contribution >= 0.6 is 0 Å². The van der Waals surface area contributed by atoms with Gasteiger partial charge in [0.25, 0.3) is 0 Å². The summed E-state index contributed by atoms with van der Waals surface area (Å²) >= 11 is 0. The van der Waals surface area contributed by atoms with E-state index in [2.05, 4.69) is 82.3 Å². The van der Waals surface area contributed by atoms with Gasteiger partial charge in [-0.15, -0.1) is 0 Å². The summed E-state index contributed by atoms with van der Waals surface area (Å²) in [7, 11) is 0. The molecular weight excluding hydrogens is 480 g/mol. The van der Waals surface area contributed by atoms with E-state index in [-0.39, 0.29) is 6.79 Å². The van der Waals surface area contributed by atoms with Crippen molar-refractivity contribution in [2.24, 2.45) is 11.8 Å². The van der Waals surface area contributed by atoms with E-state index < -0.39 is 0 Å². The highest BCUT2D eigenvalue weighted by atomic mass is 16.7. The van der Waals surface area contributed by atoms with E-state index in [0.717, 1.165) is 53.3 Å². The van der Waals surface area contributed by atoms with Crippen LogP contribution in [-0.2, 0) is 4.74 Å². The second-order valence-corrected chi connectivity index (χ2v) is 10.3. The van der Waals surface area contributed by atoms with Gasteiger partial charge in [0.2, 0.25) is 6.79 Å². The Kier molecular flexibility index (Phi) is 15.2. The van der Waals surface area contributed by atoms with Crippen molar-refractivity contribution in [1.29, 1.82) is 0 Å². The average molecular weight is 533 g/mol. The van der Waals surface area contributed by atoms with E-state index in [0.29, 0.717) is 0 Å². The van der Waals surface area contributed by atoms with Crippen molar-refractivity contribution in [3.05, 3.63) is 83.6 Å². The fraction of sp³-hybridized carbons (Fsp3) is 0.500. The maximum atomic E-state index is 6.19. The molecule has 1 saturated carbocycles. The van der Waals surface area contributed by atoms with Crippen LogP contribution in [0, 0.1) is 11.8 Å². The Morgan fingerprint density at radius 1 is 0.897 bits per heavy atom. The molecule has 39 heavy (non-hydrogen) atoms. The highest BCUT2D eigenvalue weighted by Gasteiger charge is 2.25. The molecular formula is C36H52O3. The van der Waals surface area contributed by atoms with E-state index >= 15 is 0 Å². The quantitative estimate of drug-likeness (QED) is 0.164. The molecule has 2 atom stereocenters. The topological polar surface area (TPSA) is 27.7 Å².